The van der Waals surface area contributed by atoms with E-state index in [4.69, 9.17) is 5.73 Å². The highest BCUT2D eigenvalue weighted by molar-refractivity contribution is 7.89. The van der Waals surface area contributed by atoms with Crippen LogP contribution in [0.3, 0.4) is 0 Å². The second kappa shape index (κ2) is 6.55. The Labute approximate surface area is 133 Å². The van der Waals surface area contributed by atoms with Crippen molar-refractivity contribution in [3.05, 3.63) is 35.3 Å². The number of amides is 1. The van der Waals surface area contributed by atoms with Crippen LogP contribution in [0.5, 0.6) is 0 Å². The lowest BCUT2D eigenvalue weighted by Gasteiger charge is -2.19. The fraction of sp³-hybridized carbons (Fsp3) is 0.286. The summed E-state index contributed by atoms with van der Waals surface area (Å²) in [5.41, 5.74) is 6.07. The molecule has 0 aliphatic carbocycles. The number of carbonyl (C=O) groups is 1. The predicted molar refractivity (Wildman–Crippen MR) is 86.2 cm³/mol. The molecule has 2 aromatic rings. The van der Waals surface area contributed by atoms with E-state index in [1.54, 1.807) is 25.4 Å². The van der Waals surface area contributed by atoms with Gasteiger partial charge in [0.25, 0.3) is 0 Å². The molecule has 0 radical (unpaired) electrons. The van der Waals surface area contributed by atoms with Gasteiger partial charge in [-0.1, -0.05) is 13.8 Å². The summed E-state index contributed by atoms with van der Waals surface area (Å²) in [6, 6.07) is 4.31. The minimum atomic E-state index is -3.60. The third-order valence-corrected chi connectivity index (χ3v) is 6.11. The van der Waals surface area contributed by atoms with Crippen molar-refractivity contribution in [2.24, 2.45) is 5.73 Å². The summed E-state index contributed by atoms with van der Waals surface area (Å²) in [4.78, 5) is 15.8. The normalized spacial score (nSPS) is 11.8. The Hall–Kier alpha value is -1.77. The summed E-state index contributed by atoms with van der Waals surface area (Å²) in [6.45, 7) is 4.31. The van der Waals surface area contributed by atoms with E-state index in [-0.39, 0.29) is 10.5 Å². The highest BCUT2D eigenvalue weighted by Crippen LogP contribution is 2.29. The van der Waals surface area contributed by atoms with Gasteiger partial charge in [-0.2, -0.15) is 4.31 Å². The fourth-order valence-electron chi connectivity index (χ4n) is 2.14. The van der Waals surface area contributed by atoms with Gasteiger partial charge < -0.3 is 5.73 Å². The van der Waals surface area contributed by atoms with Gasteiger partial charge >= 0.3 is 0 Å². The smallest absolute Gasteiger partial charge is 0.249 e. The number of sulfonamides is 1. The lowest BCUT2D eigenvalue weighted by atomic mass is 10.1. The van der Waals surface area contributed by atoms with Crippen molar-refractivity contribution >= 4 is 27.3 Å². The van der Waals surface area contributed by atoms with Gasteiger partial charge in [0.1, 0.15) is 5.01 Å². The molecule has 1 amide bonds. The maximum absolute atomic E-state index is 12.6. The molecule has 0 spiro atoms. The van der Waals surface area contributed by atoms with Gasteiger partial charge in [0.2, 0.25) is 15.9 Å². The van der Waals surface area contributed by atoms with E-state index in [2.05, 4.69) is 4.98 Å². The number of nitrogens with two attached hydrogens (primary N) is 1. The number of benzene rings is 1. The average Bonchev–Trinajstić information content (AvgIpc) is 3.01. The number of thiazole rings is 1. The highest BCUT2D eigenvalue weighted by atomic mass is 32.2. The van der Waals surface area contributed by atoms with Crippen molar-refractivity contribution in [1.29, 1.82) is 0 Å². The van der Waals surface area contributed by atoms with E-state index in [0.717, 1.165) is 0 Å². The third-order valence-electron chi connectivity index (χ3n) is 3.26. The first kappa shape index (κ1) is 16.6. The van der Waals surface area contributed by atoms with Gasteiger partial charge in [0, 0.05) is 35.8 Å². The van der Waals surface area contributed by atoms with Crippen molar-refractivity contribution in [3.63, 3.8) is 0 Å². The maximum Gasteiger partial charge on any atom is 0.249 e. The van der Waals surface area contributed by atoms with E-state index < -0.39 is 15.9 Å². The van der Waals surface area contributed by atoms with Crippen LogP contribution in [-0.2, 0) is 10.0 Å². The van der Waals surface area contributed by atoms with Gasteiger partial charge in [0.05, 0.1) is 4.90 Å². The minimum Gasteiger partial charge on any atom is -0.366 e. The molecule has 2 rings (SSSR count). The molecule has 0 atom stereocenters. The number of carbonyl (C=O) groups excluding carboxylic acids is 1. The number of hydrogen-bond acceptors (Lipinski definition) is 5. The Morgan fingerprint density at radius 2 is 2.00 bits per heavy atom. The van der Waals surface area contributed by atoms with Crippen LogP contribution in [-0.4, -0.2) is 36.7 Å². The van der Waals surface area contributed by atoms with Crippen LogP contribution in [0.4, 0.5) is 0 Å². The molecule has 0 saturated heterocycles. The van der Waals surface area contributed by atoms with Crippen LogP contribution < -0.4 is 5.73 Å². The maximum atomic E-state index is 12.6. The number of nitrogens with zero attached hydrogens (tertiary/aromatic N) is 2. The van der Waals surface area contributed by atoms with Crippen LogP contribution in [0.1, 0.15) is 24.2 Å². The summed E-state index contributed by atoms with van der Waals surface area (Å²) in [5.74, 6) is -0.614. The zero-order valence-electron chi connectivity index (χ0n) is 12.3. The van der Waals surface area contributed by atoms with Crippen LogP contribution in [0.15, 0.2) is 34.7 Å². The fourth-order valence-corrected chi connectivity index (χ4v) is 4.30. The molecule has 0 saturated carbocycles. The molecule has 1 aromatic heterocycles. The molecule has 1 aromatic carbocycles. The average molecular weight is 339 g/mol. The summed E-state index contributed by atoms with van der Waals surface area (Å²) >= 11 is 1.32. The van der Waals surface area contributed by atoms with Crippen molar-refractivity contribution in [2.75, 3.05) is 13.1 Å². The molecule has 0 aliphatic heterocycles. The Bertz CT molecular complexity index is 767. The molecular formula is C14H17N3O3S2. The van der Waals surface area contributed by atoms with Crippen LogP contribution in [0.2, 0.25) is 0 Å². The summed E-state index contributed by atoms with van der Waals surface area (Å²) in [6.07, 6.45) is 1.59. The van der Waals surface area contributed by atoms with E-state index >= 15 is 0 Å². The van der Waals surface area contributed by atoms with Crippen LogP contribution >= 0.6 is 11.3 Å². The van der Waals surface area contributed by atoms with Crippen LogP contribution in [0, 0.1) is 0 Å². The Morgan fingerprint density at radius 1 is 1.32 bits per heavy atom. The quantitative estimate of drug-likeness (QED) is 0.870. The first-order chi connectivity index (χ1) is 10.4. The third kappa shape index (κ3) is 3.03. The molecule has 1 heterocycles. The monoisotopic (exact) mass is 339 g/mol. The van der Waals surface area contributed by atoms with Crippen molar-refractivity contribution < 1.29 is 13.2 Å². The molecule has 0 fully saturated rings. The van der Waals surface area contributed by atoms with Crippen LogP contribution in [0.25, 0.3) is 10.6 Å². The molecular weight excluding hydrogens is 322 g/mol. The van der Waals surface area contributed by atoms with Crippen molar-refractivity contribution in [2.45, 2.75) is 18.7 Å². The highest BCUT2D eigenvalue weighted by Gasteiger charge is 2.24. The first-order valence-electron chi connectivity index (χ1n) is 6.75. The molecule has 0 aliphatic rings. The van der Waals surface area contributed by atoms with Gasteiger partial charge in [-0.05, 0) is 18.2 Å². The standard InChI is InChI=1S/C14H17N3O3S2/c1-3-17(4-2)22(19,20)10-5-6-11(13(15)18)12(9-10)14-16-7-8-21-14/h5-9H,3-4H2,1-2H3,(H2,15,18). The van der Waals surface area contributed by atoms with Crippen molar-refractivity contribution in [3.8, 4) is 10.6 Å². The lowest BCUT2D eigenvalue weighted by molar-refractivity contribution is 0.100. The number of aromatic nitrogens is 1. The van der Waals surface area contributed by atoms with Gasteiger partial charge in [-0.15, -0.1) is 11.3 Å². The van der Waals surface area contributed by atoms with E-state index in [9.17, 15) is 13.2 Å². The first-order valence-corrected chi connectivity index (χ1v) is 9.07. The largest absolute Gasteiger partial charge is 0.366 e. The molecule has 6 nitrogen and oxygen atoms in total. The van der Waals surface area contributed by atoms with E-state index in [0.29, 0.717) is 23.7 Å². The zero-order chi connectivity index (χ0) is 16.3. The Balaban J connectivity index is 2.62. The second-order valence-corrected chi connectivity index (χ2v) is 7.33. The number of rotatable bonds is 6. The van der Waals surface area contributed by atoms with Crippen molar-refractivity contribution in [1.82, 2.24) is 9.29 Å². The lowest BCUT2D eigenvalue weighted by Crippen LogP contribution is -2.30. The number of hydrogen-bond donors (Lipinski definition) is 1. The minimum absolute atomic E-state index is 0.131. The van der Waals surface area contributed by atoms with E-state index in [1.807, 2.05) is 0 Å². The molecule has 2 N–H and O–H groups in total. The molecule has 22 heavy (non-hydrogen) atoms. The molecule has 8 heteroatoms. The molecule has 0 unspecified atom stereocenters. The Kier molecular flexibility index (Phi) is 4.94. The van der Waals surface area contributed by atoms with Gasteiger partial charge in [-0.3, -0.25) is 4.79 Å². The van der Waals surface area contributed by atoms with Gasteiger partial charge in [-0.25, -0.2) is 13.4 Å². The van der Waals surface area contributed by atoms with E-state index in [1.165, 1.54) is 33.8 Å². The second-order valence-electron chi connectivity index (χ2n) is 4.50. The zero-order valence-corrected chi connectivity index (χ0v) is 13.9. The SMILES string of the molecule is CCN(CC)S(=O)(=O)c1ccc(C(N)=O)c(-c2nccs2)c1. The molecule has 0 bridgehead atoms. The predicted octanol–water partition coefficient (Wildman–Crippen LogP) is 1.94. The number of primary amides is 1. The molecule has 118 valence electrons. The van der Waals surface area contributed by atoms with Gasteiger partial charge in [0.15, 0.2) is 0 Å². The topological polar surface area (TPSA) is 93.4 Å². The Morgan fingerprint density at radius 3 is 2.50 bits per heavy atom. The summed E-state index contributed by atoms with van der Waals surface area (Å²) in [5, 5.41) is 2.32. The summed E-state index contributed by atoms with van der Waals surface area (Å²) in [7, 11) is -3.60. The summed E-state index contributed by atoms with van der Waals surface area (Å²) < 4.78 is 26.5.